The molecule has 66 valence electrons. The molecule has 0 aliphatic rings. The maximum atomic E-state index is 5.94. The van der Waals surface area contributed by atoms with Crippen LogP contribution in [0.25, 0.3) is 0 Å². The third-order valence-electron chi connectivity index (χ3n) is 1.40. The van der Waals surface area contributed by atoms with Gasteiger partial charge >= 0.3 is 0 Å². The first-order valence-corrected chi connectivity index (χ1v) is 4.57. The summed E-state index contributed by atoms with van der Waals surface area (Å²) in [5.41, 5.74) is 0.888. The van der Waals surface area contributed by atoms with Crippen molar-refractivity contribution < 1.29 is 0 Å². The van der Waals surface area contributed by atoms with E-state index in [9.17, 15) is 0 Å². The number of anilines is 1. The highest BCUT2D eigenvalue weighted by Crippen LogP contribution is 2.29. The molecule has 1 aromatic rings. The first-order valence-electron chi connectivity index (χ1n) is 3.82. The van der Waals surface area contributed by atoms with Crippen molar-refractivity contribution in [2.24, 2.45) is 0 Å². The molecule has 12 heavy (non-hydrogen) atoms. The highest BCUT2D eigenvalue weighted by atomic mass is 35.5. The summed E-state index contributed by atoms with van der Waals surface area (Å²) in [5.74, 6) is 0. The van der Waals surface area contributed by atoms with Crippen LogP contribution < -0.4 is 5.32 Å². The molecule has 0 saturated carbocycles. The van der Waals surface area contributed by atoms with Crippen LogP contribution in [0.5, 0.6) is 0 Å². The molecular formula is C9H11Cl2N. The summed E-state index contributed by atoms with van der Waals surface area (Å²) < 4.78 is 0. The van der Waals surface area contributed by atoms with Crippen molar-refractivity contribution in [2.45, 2.75) is 19.9 Å². The van der Waals surface area contributed by atoms with E-state index >= 15 is 0 Å². The Kier molecular flexibility index (Phi) is 3.24. The second-order valence-corrected chi connectivity index (χ2v) is 3.69. The van der Waals surface area contributed by atoms with Crippen molar-refractivity contribution in [2.75, 3.05) is 5.32 Å². The van der Waals surface area contributed by atoms with E-state index in [2.05, 4.69) is 19.2 Å². The Bertz CT molecular complexity index is 271. The van der Waals surface area contributed by atoms with Gasteiger partial charge in [0.05, 0.1) is 15.7 Å². The Labute approximate surface area is 82.7 Å². The fourth-order valence-electron chi connectivity index (χ4n) is 0.926. The van der Waals surface area contributed by atoms with Crippen molar-refractivity contribution >= 4 is 28.9 Å². The summed E-state index contributed by atoms with van der Waals surface area (Å²) in [6.07, 6.45) is 0. The van der Waals surface area contributed by atoms with Gasteiger partial charge in [-0.05, 0) is 26.0 Å². The zero-order chi connectivity index (χ0) is 9.14. The fraction of sp³-hybridized carbons (Fsp3) is 0.333. The predicted molar refractivity (Wildman–Crippen MR) is 55.2 cm³/mol. The lowest BCUT2D eigenvalue weighted by molar-refractivity contribution is 0.900. The van der Waals surface area contributed by atoms with E-state index in [0.29, 0.717) is 16.1 Å². The second kappa shape index (κ2) is 4.01. The average molecular weight is 204 g/mol. The molecule has 0 spiro atoms. The molecule has 0 radical (unpaired) electrons. The topological polar surface area (TPSA) is 12.0 Å². The number of hydrogen-bond acceptors (Lipinski definition) is 1. The molecule has 1 rings (SSSR count). The van der Waals surface area contributed by atoms with E-state index in [1.54, 1.807) is 6.07 Å². The fourth-order valence-corrected chi connectivity index (χ4v) is 1.28. The number of nitrogens with one attached hydrogen (secondary N) is 1. The van der Waals surface area contributed by atoms with Gasteiger partial charge in [0.25, 0.3) is 0 Å². The molecule has 1 nitrogen and oxygen atoms in total. The molecule has 0 aliphatic carbocycles. The summed E-state index contributed by atoms with van der Waals surface area (Å²) in [6, 6.07) is 5.92. The Morgan fingerprint density at radius 2 is 1.92 bits per heavy atom. The van der Waals surface area contributed by atoms with E-state index in [4.69, 9.17) is 23.2 Å². The van der Waals surface area contributed by atoms with Crippen molar-refractivity contribution in [3.05, 3.63) is 28.2 Å². The molecular weight excluding hydrogens is 193 g/mol. The quantitative estimate of drug-likeness (QED) is 0.772. The number of rotatable bonds is 2. The van der Waals surface area contributed by atoms with Gasteiger partial charge in [-0.1, -0.05) is 29.3 Å². The lowest BCUT2D eigenvalue weighted by atomic mass is 10.3. The number of hydrogen-bond donors (Lipinski definition) is 1. The lowest BCUT2D eigenvalue weighted by Crippen LogP contribution is -2.09. The molecule has 0 aliphatic heterocycles. The van der Waals surface area contributed by atoms with Crippen LogP contribution in [-0.4, -0.2) is 6.04 Å². The van der Waals surface area contributed by atoms with Gasteiger partial charge in [0.1, 0.15) is 0 Å². The van der Waals surface area contributed by atoms with Crippen LogP contribution in [0.15, 0.2) is 18.2 Å². The minimum absolute atomic E-state index is 0.362. The number of halogens is 2. The van der Waals surface area contributed by atoms with E-state index in [-0.39, 0.29) is 0 Å². The lowest BCUT2D eigenvalue weighted by Gasteiger charge is -2.11. The van der Waals surface area contributed by atoms with Gasteiger partial charge in [0.15, 0.2) is 0 Å². The maximum absolute atomic E-state index is 5.94. The van der Waals surface area contributed by atoms with Crippen molar-refractivity contribution in [3.63, 3.8) is 0 Å². The molecule has 0 heterocycles. The van der Waals surface area contributed by atoms with Crippen LogP contribution in [0.3, 0.4) is 0 Å². The van der Waals surface area contributed by atoms with Gasteiger partial charge in [0.2, 0.25) is 0 Å². The summed E-state index contributed by atoms with van der Waals surface area (Å²) >= 11 is 11.8. The molecule has 0 amide bonds. The summed E-state index contributed by atoms with van der Waals surface area (Å²) in [7, 11) is 0. The Hall–Kier alpha value is -0.400. The van der Waals surface area contributed by atoms with E-state index in [1.165, 1.54) is 0 Å². The van der Waals surface area contributed by atoms with Gasteiger partial charge in [-0.15, -0.1) is 0 Å². The number of benzene rings is 1. The van der Waals surface area contributed by atoms with Gasteiger partial charge < -0.3 is 5.32 Å². The summed E-state index contributed by atoms with van der Waals surface area (Å²) in [4.78, 5) is 0. The van der Waals surface area contributed by atoms with Crippen LogP contribution >= 0.6 is 23.2 Å². The van der Waals surface area contributed by atoms with Crippen molar-refractivity contribution in [1.82, 2.24) is 0 Å². The normalized spacial score (nSPS) is 10.4. The third kappa shape index (κ3) is 2.29. The molecule has 0 saturated heterocycles. The molecule has 1 N–H and O–H groups in total. The molecule has 1 aromatic carbocycles. The Morgan fingerprint density at radius 3 is 2.50 bits per heavy atom. The van der Waals surface area contributed by atoms with Crippen LogP contribution in [0, 0.1) is 0 Å². The van der Waals surface area contributed by atoms with Crippen LogP contribution in [0.4, 0.5) is 5.69 Å². The first kappa shape index (κ1) is 9.69. The smallest absolute Gasteiger partial charge is 0.0823 e. The maximum Gasteiger partial charge on any atom is 0.0823 e. The SMILES string of the molecule is CC(C)Nc1cccc(Cl)c1Cl. The first-order chi connectivity index (χ1) is 5.61. The highest BCUT2D eigenvalue weighted by Gasteiger charge is 2.03. The van der Waals surface area contributed by atoms with Gasteiger partial charge in [0, 0.05) is 6.04 Å². The second-order valence-electron chi connectivity index (χ2n) is 2.90. The highest BCUT2D eigenvalue weighted by molar-refractivity contribution is 6.43. The molecule has 0 atom stereocenters. The van der Waals surface area contributed by atoms with Gasteiger partial charge in [-0.3, -0.25) is 0 Å². The minimum atomic E-state index is 0.362. The standard InChI is InChI=1S/C9H11Cl2N/c1-6(2)12-8-5-3-4-7(10)9(8)11/h3-6,12H,1-2H3. The average Bonchev–Trinajstić information content (AvgIpc) is 1.98. The van der Waals surface area contributed by atoms with Crippen LogP contribution in [0.1, 0.15) is 13.8 Å². The van der Waals surface area contributed by atoms with Gasteiger partial charge in [-0.25, -0.2) is 0 Å². The third-order valence-corrected chi connectivity index (χ3v) is 2.21. The van der Waals surface area contributed by atoms with E-state index < -0.39 is 0 Å². The van der Waals surface area contributed by atoms with Crippen molar-refractivity contribution in [3.8, 4) is 0 Å². The monoisotopic (exact) mass is 203 g/mol. The molecule has 0 fully saturated rings. The minimum Gasteiger partial charge on any atom is -0.382 e. The van der Waals surface area contributed by atoms with Crippen LogP contribution in [-0.2, 0) is 0 Å². The zero-order valence-corrected chi connectivity index (χ0v) is 8.58. The van der Waals surface area contributed by atoms with E-state index in [1.807, 2.05) is 12.1 Å². The Balaban J connectivity index is 2.92. The van der Waals surface area contributed by atoms with Crippen molar-refractivity contribution in [1.29, 1.82) is 0 Å². The zero-order valence-electron chi connectivity index (χ0n) is 7.07. The van der Waals surface area contributed by atoms with Gasteiger partial charge in [-0.2, -0.15) is 0 Å². The largest absolute Gasteiger partial charge is 0.382 e. The predicted octanol–water partition coefficient (Wildman–Crippen LogP) is 3.81. The molecule has 3 heteroatoms. The molecule has 0 bridgehead atoms. The summed E-state index contributed by atoms with van der Waals surface area (Å²) in [6.45, 7) is 4.11. The summed E-state index contributed by atoms with van der Waals surface area (Å²) in [5, 5.41) is 4.37. The molecule has 0 aromatic heterocycles. The van der Waals surface area contributed by atoms with Crippen LogP contribution in [0.2, 0.25) is 10.0 Å². The van der Waals surface area contributed by atoms with E-state index in [0.717, 1.165) is 5.69 Å². The molecule has 0 unspecified atom stereocenters. The Morgan fingerprint density at radius 1 is 1.25 bits per heavy atom.